The van der Waals surface area contributed by atoms with E-state index < -0.39 is 15.1 Å². The number of hydrogen-bond donors (Lipinski definition) is 1. The lowest BCUT2D eigenvalue weighted by Gasteiger charge is -2.24. The largest absolute Gasteiger partial charge is 0.497 e. The first-order chi connectivity index (χ1) is 8.40. The summed E-state index contributed by atoms with van der Waals surface area (Å²) in [6.45, 7) is 4.39. The zero-order valence-electron chi connectivity index (χ0n) is 11.3. The molecule has 1 aromatic rings. The molecular formula is C13H21NO3S. The third-order valence-electron chi connectivity index (χ3n) is 3.02. The zero-order chi connectivity index (χ0) is 13.8. The highest BCUT2D eigenvalue weighted by Crippen LogP contribution is 2.24. The fourth-order valence-electron chi connectivity index (χ4n) is 1.86. The molecule has 0 saturated heterocycles. The number of sulfone groups is 1. The maximum atomic E-state index is 11.7. The predicted octanol–water partition coefficient (Wildman–Crippen LogP) is 1.78. The minimum Gasteiger partial charge on any atom is -0.497 e. The van der Waals surface area contributed by atoms with Crippen molar-refractivity contribution >= 4 is 9.84 Å². The van der Waals surface area contributed by atoms with Gasteiger partial charge in [-0.1, -0.05) is 19.1 Å². The third kappa shape index (κ3) is 3.71. The lowest BCUT2D eigenvalue weighted by atomic mass is 10.0. The molecule has 0 fully saturated rings. The summed E-state index contributed by atoms with van der Waals surface area (Å²) in [7, 11) is -1.50. The van der Waals surface area contributed by atoms with E-state index in [1.165, 1.54) is 6.26 Å². The molecule has 4 nitrogen and oxygen atoms in total. The highest BCUT2D eigenvalue weighted by Gasteiger charge is 2.26. The van der Waals surface area contributed by atoms with Gasteiger partial charge < -0.3 is 10.1 Å². The smallest absolute Gasteiger partial charge is 0.151 e. The van der Waals surface area contributed by atoms with Crippen LogP contribution in [0.3, 0.4) is 0 Å². The van der Waals surface area contributed by atoms with Crippen molar-refractivity contribution in [2.45, 2.75) is 25.1 Å². The minimum absolute atomic E-state index is 0.222. The second-order valence-corrected chi connectivity index (χ2v) is 6.75. The summed E-state index contributed by atoms with van der Waals surface area (Å²) in [5.41, 5.74) is 0.925. The molecule has 5 heteroatoms. The molecule has 18 heavy (non-hydrogen) atoms. The van der Waals surface area contributed by atoms with Crippen LogP contribution >= 0.6 is 0 Å². The van der Waals surface area contributed by atoms with Crippen LogP contribution in [0.4, 0.5) is 0 Å². The van der Waals surface area contributed by atoms with Gasteiger partial charge in [0.2, 0.25) is 0 Å². The summed E-state index contributed by atoms with van der Waals surface area (Å²) in [5.74, 6) is 0.733. The minimum atomic E-state index is -3.10. The van der Waals surface area contributed by atoms with Gasteiger partial charge in [-0.15, -0.1) is 0 Å². The Morgan fingerprint density at radius 1 is 1.39 bits per heavy atom. The quantitative estimate of drug-likeness (QED) is 0.857. The van der Waals surface area contributed by atoms with Gasteiger partial charge >= 0.3 is 0 Å². The third-order valence-corrected chi connectivity index (χ3v) is 4.64. The van der Waals surface area contributed by atoms with Crippen molar-refractivity contribution in [3.8, 4) is 5.75 Å². The van der Waals surface area contributed by atoms with E-state index in [1.54, 1.807) is 14.0 Å². The van der Waals surface area contributed by atoms with Crippen LogP contribution in [-0.2, 0) is 9.84 Å². The van der Waals surface area contributed by atoms with E-state index in [0.29, 0.717) is 6.54 Å². The monoisotopic (exact) mass is 271 g/mol. The molecule has 102 valence electrons. The first-order valence-corrected chi connectivity index (χ1v) is 7.91. The van der Waals surface area contributed by atoms with Gasteiger partial charge in [-0.3, -0.25) is 0 Å². The van der Waals surface area contributed by atoms with Gasteiger partial charge in [0.25, 0.3) is 0 Å². The maximum Gasteiger partial charge on any atom is 0.151 e. The van der Waals surface area contributed by atoms with Crippen LogP contribution < -0.4 is 10.1 Å². The van der Waals surface area contributed by atoms with Gasteiger partial charge in [0.15, 0.2) is 9.84 Å². The summed E-state index contributed by atoms with van der Waals surface area (Å²) in [6, 6.07) is 7.28. The standard InChI is InChI=1S/C13H21NO3S/c1-5-14-13(10(2)18(4,15)16)11-7-6-8-12(9-11)17-3/h6-10,13-14H,5H2,1-4H3. The first-order valence-electron chi connectivity index (χ1n) is 5.96. The highest BCUT2D eigenvalue weighted by atomic mass is 32.2. The Labute approximate surface area is 109 Å². The Balaban J connectivity index is 3.11. The van der Waals surface area contributed by atoms with E-state index in [1.807, 2.05) is 31.2 Å². The summed E-state index contributed by atoms with van der Waals surface area (Å²) in [5, 5.41) is 2.74. The molecular weight excluding hydrogens is 250 g/mol. The Bertz CT molecular complexity index is 485. The van der Waals surface area contributed by atoms with Gasteiger partial charge in [0, 0.05) is 12.3 Å². The lowest BCUT2D eigenvalue weighted by molar-refractivity contribution is 0.412. The Kier molecular flexibility index (Phi) is 5.16. The molecule has 1 rings (SSSR count). The number of nitrogens with one attached hydrogen (secondary N) is 1. The number of hydrogen-bond acceptors (Lipinski definition) is 4. The molecule has 0 bridgehead atoms. The molecule has 2 unspecified atom stereocenters. The SMILES string of the molecule is CCNC(c1cccc(OC)c1)C(C)S(C)(=O)=O. The average molecular weight is 271 g/mol. The summed E-state index contributed by atoms with van der Waals surface area (Å²) in [6.07, 6.45) is 1.27. The lowest BCUT2D eigenvalue weighted by Crippen LogP contribution is -2.34. The molecule has 0 aliphatic heterocycles. The maximum absolute atomic E-state index is 11.7. The van der Waals surface area contributed by atoms with Gasteiger partial charge in [-0.25, -0.2) is 8.42 Å². The van der Waals surface area contributed by atoms with E-state index in [0.717, 1.165) is 11.3 Å². The van der Waals surface area contributed by atoms with Crippen LogP contribution in [0, 0.1) is 0 Å². The Hall–Kier alpha value is -1.07. The number of rotatable bonds is 6. The van der Waals surface area contributed by atoms with E-state index in [2.05, 4.69) is 5.32 Å². The molecule has 0 heterocycles. The van der Waals surface area contributed by atoms with Crippen LogP contribution in [0.25, 0.3) is 0 Å². The summed E-state index contributed by atoms with van der Waals surface area (Å²) in [4.78, 5) is 0. The molecule has 0 spiro atoms. The van der Waals surface area contributed by atoms with Crippen molar-refractivity contribution < 1.29 is 13.2 Å². The molecule has 2 atom stereocenters. The van der Waals surface area contributed by atoms with Gasteiger partial charge in [-0.2, -0.15) is 0 Å². The molecule has 0 aliphatic rings. The molecule has 1 N–H and O–H groups in total. The van der Waals surface area contributed by atoms with Crippen LogP contribution in [0.1, 0.15) is 25.5 Å². The van der Waals surface area contributed by atoms with E-state index in [-0.39, 0.29) is 6.04 Å². The first kappa shape index (κ1) is 15.0. The molecule has 1 aromatic carbocycles. The highest BCUT2D eigenvalue weighted by molar-refractivity contribution is 7.91. The van der Waals surface area contributed by atoms with Crippen LogP contribution in [0.2, 0.25) is 0 Å². The van der Waals surface area contributed by atoms with Crippen LogP contribution in [-0.4, -0.2) is 33.6 Å². The number of benzene rings is 1. The topological polar surface area (TPSA) is 55.4 Å². The fourth-order valence-corrected chi connectivity index (χ4v) is 2.60. The molecule has 0 amide bonds. The van der Waals surface area contributed by atoms with Gasteiger partial charge in [-0.05, 0) is 31.2 Å². The molecule has 0 radical (unpaired) electrons. The van der Waals surface area contributed by atoms with E-state index in [4.69, 9.17) is 4.74 Å². The molecule has 0 saturated carbocycles. The van der Waals surface area contributed by atoms with Gasteiger partial charge in [0.05, 0.1) is 12.4 Å². The van der Waals surface area contributed by atoms with E-state index in [9.17, 15) is 8.42 Å². The van der Waals surface area contributed by atoms with Crippen molar-refractivity contribution in [1.82, 2.24) is 5.32 Å². The van der Waals surface area contributed by atoms with Crippen molar-refractivity contribution in [2.75, 3.05) is 19.9 Å². The summed E-state index contributed by atoms with van der Waals surface area (Å²) < 4.78 is 28.6. The Morgan fingerprint density at radius 3 is 2.56 bits per heavy atom. The zero-order valence-corrected chi connectivity index (χ0v) is 12.1. The van der Waals surface area contributed by atoms with E-state index >= 15 is 0 Å². The summed E-state index contributed by atoms with van der Waals surface area (Å²) >= 11 is 0. The van der Waals surface area contributed by atoms with Crippen LogP contribution in [0.15, 0.2) is 24.3 Å². The fraction of sp³-hybridized carbons (Fsp3) is 0.538. The van der Waals surface area contributed by atoms with Crippen molar-refractivity contribution in [2.24, 2.45) is 0 Å². The van der Waals surface area contributed by atoms with Crippen molar-refractivity contribution in [3.05, 3.63) is 29.8 Å². The van der Waals surface area contributed by atoms with Crippen LogP contribution in [0.5, 0.6) is 5.75 Å². The van der Waals surface area contributed by atoms with Crippen molar-refractivity contribution in [3.63, 3.8) is 0 Å². The number of methoxy groups -OCH3 is 1. The van der Waals surface area contributed by atoms with Gasteiger partial charge in [0.1, 0.15) is 5.75 Å². The average Bonchev–Trinajstić information content (AvgIpc) is 2.34. The van der Waals surface area contributed by atoms with Crippen molar-refractivity contribution in [1.29, 1.82) is 0 Å². The normalized spacial score (nSPS) is 15.1. The molecule has 0 aromatic heterocycles. The number of ether oxygens (including phenoxy) is 1. The predicted molar refractivity (Wildman–Crippen MR) is 73.7 cm³/mol. The Morgan fingerprint density at radius 2 is 2.06 bits per heavy atom. The second-order valence-electron chi connectivity index (χ2n) is 4.35. The molecule has 0 aliphatic carbocycles. The second kappa shape index (κ2) is 6.20.